The topological polar surface area (TPSA) is 62.2 Å². The normalized spacial score (nSPS) is 9.88. The Labute approximate surface area is 98.9 Å². The fraction of sp³-hybridized carbons (Fsp3) is 0.0769. The molecule has 2 N–H and O–H groups in total. The highest BCUT2D eigenvalue weighted by molar-refractivity contribution is 5.96. The molecule has 86 valence electrons. The predicted molar refractivity (Wildman–Crippen MR) is 63.5 cm³/mol. The molecule has 0 aliphatic heterocycles. The summed E-state index contributed by atoms with van der Waals surface area (Å²) >= 11 is 0. The van der Waals surface area contributed by atoms with E-state index in [9.17, 15) is 9.90 Å². The van der Waals surface area contributed by atoms with E-state index in [0.29, 0.717) is 6.54 Å². The molecule has 0 saturated carbocycles. The molecule has 0 spiro atoms. The zero-order chi connectivity index (χ0) is 12.1. The number of aromatic nitrogens is 1. The van der Waals surface area contributed by atoms with E-state index in [4.69, 9.17) is 0 Å². The lowest BCUT2D eigenvalue weighted by atomic mass is 10.2. The Morgan fingerprint density at radius 2 is 1.88 bits per heavy atom. The van der Waals surface area contributed by atoms with Gasteiger partial charge in [-0.3, -0.25) is 9.78 Å². The summed E-state index contributed by atoms with van der Waals surface area (Å²) in [5.41, 5.74) is 1.24. The maximum Gasteiger partial charge on any atom is 0.255 e. The van der Waals surface area contributed by atoms with E-state index in [1.54, 1.807) is 30.6 Å². The molecule has 4 nitrogen and oxygen atoms in total. The Kier molecular flexibility index (Phi) is 3.35. The monoisotopic (exact) mass is 228 g/mol. The van der Waals surface area contributed by atoms with Crippen LogP contribution in [0.2, 0.25) is 0 Å². The van der Waals surface area contributed by atoms with Gasteiger partial charge >= 0.3 is 0 Å². The Morgan fingerprint density at radius 1 is 1.18 bits per heavy atom. The number of aromatic hydroxyl groups is 1. The molecule has 1 aromatic carbocycles. The third kappa shape index (κ3) is 2.81. The van der Waals surface area contributed by atoms with Crippen LogP contribution in [0.5, 0.6) is 5.75 Å². The van der Waals surface area contributed by atoms with Crippen molar-refractivity contribution in [2.45, 2.75) is 6.54 Å². The van der Waals surface area contributed by atoms with Gasteiger partial charge in [0.2, 0.25) is 0 Å². The maximum absolute atomic E-state index is 11.8. The SMILES string of the molecule is O=C(NCc1ccncc1)c1ccccc1O. The van der Waals surface area contributed by atoms with E-state index in [1.807, 2.05) is 12.1 Å². The minimum Gasteiger partial charge on any atom is -0.507 e. The maximum atomic E-state index is 11.8. The minimum absolute atomic E-state index is 0.0141. The van der Waals surface area contributed by atoms with E-state index in [0.717, 1.165) is 5.56 Å². The molecular formula is C13H12N2O2. The molecule has 1 aromatic heterocycles. The van der Waals surface area contributed by atoms with Gasteiger partial charge < -0.3 is 10.4 Å². The molecule has 0 aliphatic rings. The molecule has 0 bridgehead atoms. The first-order valence-electron chi connectivity index (χ1n) is 5.22. The number of phenols is 1. The average Bonchev–Trinajstić information content (AvgIpc) is 2.38. The van der Waals surface area contributed by atoms with Crippen molar-refractivity contribution in [1.82, 2.24) is 10.3 Å². The summed E-state index contributed by atoms with van der Waals surface area (Å²) in [6.07, 6.45) is 3.34. The van der Waals surface area contributed by atoms with Gasteiger partial charge in [-0.2, -0.15) is 0 Å². The second-order valence-corrected chi connectivity index (χ2v) is 3.56. The van der Waals surface area contributed by atoms with Crippen molar-refractivity contribution in [3.8, 4) is 5.75 Å². The number of amides is 1. The number of pyridine rings is 1. The van der Waals surface area contributed by atoms with Gasteiger partial charge in [0.05, 0.1) is 5.56 Å². The summed E-state index contributed by atoms with van der Waals surface area (Å²) in [7, 11) is 0. The quantitative estimate of drug-likeness (QED) is 0.840. The van der Waals surface area contributed by atoms with Crippen LogP contribution in [0.3, 0.4) is 0 Å². The highest BCUT2D eigenvalue weighted by atomic mass is 16.3. The Balaban J connectivity index is 2.01. The number of nitrogens with zero attached hydrogens (tertiary/aromatic N) is 1. The first-order chi connectivity index (χ1) is 8.27. The van der Waals surface area contributed by atoms with Gasteiger partial charge in [-0.15, -0.1) is 0 Å². The van der Waals surface area contributed by atoms with E-state index >= 15 is 0 Å². The summed E-state index contributed by atoms with van der Waals surface area (Å²) in [5, 5.41) is 12.2. The molecule has 0 fully saturated rings. The van der Waals surface area contributed by atoms with Crippen molar-refractivity contribution in [3.05, 3.63) is 59.9 Å². The highest BCUT2D eigenvalue weighted by Crippen LogP contribution is 2.15. The molecule has 4 heteroatoms. The van der Waals surface area contributed by atoms with Crippen molar-refractivity contribution in [2.24, 2.45) is 0 Å². The molecule has 0 saturated heterocycles. The molecule has 0 radical (unpaired) electrons. The highest BCUT2D eigenvalue weighted by Gasteiger charge is 2.09. The Bertz CT molecular complexity index is 512. The van der Waals surface area contributed by atoms with Gasteiger partial charge in [0.15, 0.2) is 0 Å². The fourth-order valence-corrected chi connectivity index (χ4v) is 1.44. The van der Waals surface area contributed by atoms with Gasteiger partial charge in [0.1, 0.15) is 5.75 Å². The standard InChI is InChI=1S/C13H12N2O2/c16-12-4-2-1-3-11(12)13(17)15-9-10-5-7-14-8-6-10/h1-8,16H,9H2,(H,15,17). The minimum atomic E-state index is -0.292. The zero-order valence-corrected chi connectivity index (χ0v) is 9.13. The van der Waals surface area contributed by atoms with Crippen LogP contribution in [0, 0.1) is 0 Å². The van der Waals surface area contributed by atoms with Crippen molar-refractivity contribution < 1.29 is 9.90 Å². The Hall–Kier alpha value is -2.36. The summed E-state index contributed by atoms with van der Waals surface area (Å²) < 4.78 is 0. The summed E-state index contributed by atoms with van der Waals surface area (Å²) in [6, 6.07) is 10.1. The van der Waals surface area contributed by atoms with Crippen LogP contribution >= 0.6 is 0 Å². The van der Waals surface area contributed by atoms with Gasteiger partial charge in [-0.1, -0.05) is 12.1 Å². The number of benzene rings is 1. The van der Waals surface area contributed by atoms with Crippen molar-refractivity contribution in [1.29, 1.82) is 0 Å². The van der Waals surface area contributed by atoms with Crippen molar-refractivity contribution >= 4 is 5.91 Å². The third-order valence-corrected chi connectivity index (χ3v) is 2.35. The number of carbonyl (C=O) groups excluding carboxylic acids is 1. The predicted octanol–water partition coefficient (Wildman–Crippen LogP) is 1.72. The molecule has 0 aliphatic carbocycles. The zero-order valence-electron chi connectivity index (χ0n) is 9.13. The van der Waals surface area contributed by atoms with Crippen LogP contribution < -0.4 is 5.32 Å². The number of para-hydroxylation sites is 1. The second kappa shape index (κ2) is 5.12. The van der Waals surface area contributed by atoms with Gasteiger partial charge in [0, 0.05) is 18.9 Å². The van der Waals surface area contributed by atoms with Crippen LogP contribution in [-0.2, 0) is 6.54 Å². The lowest BCUT2D eigenvalue weighted by Crippen LogP contribution is -2.22. The van der Waals surface area contributed by atoms with E-state index in [1.165, 1.54) is 6.07 Å². The van der Waals surface area contributed by atoms with Crippen molar-refractivity contribution in [3.63, 3.8) is 0 Å². The lowest BCUT2D eigenvalue weighted by Gasteiger charge is -2.06. The van der Waals surface area contributed by atoms with Gasteiger partial charge in [0.25, 0.3) is 5.91 Å². The molecule has 0 atom stereocenters. The first-order valence-corrected chi connectivity index (χ1v) is 5.22. The molecule has 2 aromatic rings. The van der Waals surface area contributed by atoms with Crippen LogP contribution in [0.1, 0.15) is 15.9 Å². The van der Waals surface area contributed by atoms with E-state index < -0.39 is 0 Å². The largest absolute Gasteiger partial charge is 0.507 e. The number of rotatable bonds is 3. The van der Waals surface area contributed by atoms with Crippen LogP contribution in [-0.4, -0.2) is 16.0 Å². The molecular weight excluding hydrogens is 216 g/mol. The molecule has 1 amide bonds. The van der Waals surface area contributed by atoms with Crippen LogP contribution in [0.4, 0.5) is 0 Å². The fourth-order valence-electron chi connectivity index (χ4n) is 1.44. The number of nitrogens with one attached hydrogen (secondary N) is 1. The first kappa shape index (κ1) is 11.1. The van der Waals surface area contributed by atoms with Crippen molar-refractivity contribution in [2.75, 3.05) is 0 Å². The van der Waals surface area contributed by atoms with Crippen LogP contribution in [0.25, 0.3) is 0 Å². The molecule has 0 unspecified atom stereocenters. The molecule has 2 rings (SSSR count). The summed E-state index contributed by atoms with van der Waals surface area (Å²) in [4.78, 5) is 15.6. The Morgan fingerprint density at radius 3 is 2.59 bits per heavy atom. The van der Waals surface area contributed by atoms with E-state index in [-0.39, 0.29) is 17.2 Å². The number of hydrogen-bond donors (Lipinski definition) is 2. The van der Waals surface area contributed by atoms with Crippen LogP contribution in [0.15, 0.2) is 48.8 Å². The smallest absolute Gasteiger partial charge is 0.255 e. The average molecular weight is 228 g/mol. The second-order valence-electron chi connectivity index (χ2n) is 3.56. The van der Waals surface area contributed by atoms with E-state index in [2.05, 4.69) is 10.3 Å². The number of phenolic OH excluding ortho intramolecular Hbond substituents is 1. The number of carbonyl (C=O) groups is 1. The van der Waals surface area contributed by atoms with Gasteiger partial charge in [-0.25, -0.2) is 0 Å². The summed E-state index contributed by atoms with van der Waals surface area (Å²) in [5.74, 6) is -0.306. The number of hydrogen-bond acceptors (Lipinski definition) is 3. The molecule has 17 heavy (non-hydrogen) atoms. The molecule has 1 heterocycles. The lowest BCUT2D eigenvalue weighted by molar-refractivity contribution is 0.0948. The third-order valence-electron chi connectivity index (χ3n) is 2.35. The summed E-state index contributed by atoms with van der Waals surface area (Å²) in [6.45, 7) is 0.412. The van der Waals surface area contributed by atoms with Gasteiger partial charge in [-0.05, 0) is 29.8 Å².